The Kier molecular flexibility index (Phi) is 2.87. The number of hydrogen-bond acceptors (Lipinski definition) is 3. The predicted molar refractivity (Wildman–Crippen MR) is 60.7 cm³/mol. The lowest BCUT2D eigenvalue weighted by atomic mass is 10.2. The van der Waals surface area contributed by atoms with E-state index in [-0.39, 0.29) is 5.82 Å². The minimum absolute atomic E-state index is 0.329. The highest BCUT2D eigenvalue weighted by atomic mass is 19.1. The van der Waals surface area contributed by atoms with Gasteiger partial charge >= 0.3 is 0 Å². The number of nitrogens with two attached hydrogens (primary N) is 2. The van der Waals surface area contributed by atoms with Crippen LogP contribution in [-0.4, -0.2) is 16.3 Å². The molecule has 4 nitrogen and oxygen atoms in total. The summed E-state index contributed by atoms with van der Waals surface area (Å²) in [5.41, 5.74) is 12.4. The second-order valence-electron chi connectivity index (χ2n) is 3.47. The van der Waals surface area contributed by atoms with E-state index in [0.717, 1.165) is 5.56 Å². The molecule has 0 aliphatic heterocycles. The third-order valence-corrected chi connectivity index (χ3v) is 2.34. The van der Waals surface area contributed by atoms with Crippen LogP contribution in [0.25, 0.3) is 5.69 Å². The van der Waals surface area contributed by atoms with Crippen LogP contribution in [0.4, 0.5) is 10.2 Å². The van der Waals surface area contributed by atoms with Gasteiger partial charge in [-0.1, -0.05) is 12.1 Å². The summed E-state index contributed by atoms with van der Waals surface area (Å²) in [6, 6.07) is 6.41. The second-order valence-corrected chi connectivity index (χ2v) is 3.47. The zero-order valence-corrected chi connectivity index (χ0v) is 8.73. The molecular formula is C11H13FN4. The van der Waals surface area contributed by atoms with Crippen LogP contribution in [0.2, 0.25) is 0 Å². The summed E-state index contributed by atoms with van der Waals surface area (Å²) >= 11 is 0. The van der Waals surface area contributed by atoms with Crippen molar-refractivity contribution in [2.24, 2.45) is 5.73 Å². The van der Waals surface area contributed by atoms with Gasteiger partial charge in [0.25, 0.3) is 0 Å². The van der Waals surface area contributed by atoms with E-state index in [9.17, 15) is 4.39 Å². The lowest BCUT2D eigenvalue weighted by Crippen LogP contribution is -2.03. The largest absolute Gasteiger partial charge is 0.382 e. The maximum Gasteiger partial charge on any atom is 0.149 e. The molecule has 16 heavy (non-hydrogen) atoms. The molecule has 1 heterocycles. The molecule has 0 atom stereocenters. The first-order valence-corrected chi connectivity index (χ1v) is 5.01. The molecule has 5 heteroatoms. The number of para-hydroxylation sites is 1. The first-order valence-electron chi connectivity index (χ1n) is 5.01. The van der Waals surface area contributed by atoms with Crippen LogP contribution >= 0.6 is 0 Å². The maximum absolute atomic E-state index is 13.5. The molecule has 84 valence electrons. The summed E-state index contributed by atoms with van der Waals surface area (Å²) in [4.78, 5) is 0. The summed E-state index contributed by atoms with van der Waals surface area (Å²) in [5, 5.41) is 4.06. The van der Waals surface area contributed by atoms with Crippen LogP contribution in [0.5, 0.6) is 0 Å². The third-order valence-electron chi connectivity index (χ3n) is 2.34. The van der Waals surface area contributed by atoms with Gasteiger partial charge in [0.1, 0.15) is 17.3 Å². The molecule has 0 fully saturated rings. The number of halogens is 1. The van der Waals surface area contributed by atoms with E-state index < -0.39 is 0 Å². The molecule has 1 aromatic heterocycles. The Morgan fingerprint density at radius 3 is 2.75 bits per heavy atom. The average molecular weight is 220 g/mol. The van der Waals surface area contributed by atoms with E-state index in [4.69, 9.17) is 11.5 Å². The number of hydrogen-bond donors (Lipinski definition) is 2. The highest BCUT2D eigenvalue weighted by Gasteiger charge is 2.08. The zero-order chi connectivity index (χ0) is 11.5. The minimum Gasteiger partial charge on any atom is -0.382 e. The standard InChI is InChI=1S/C11H13FN4/c12-9-3-1-2-4-10(9)16-7-8(5-6-13)11(14)15-16/h1-4,7H,5-6,13H2,(H2,14,15). The molecule has 0 radical (unpaired) electrons. The van der Waals surface area contributed by atoms with Crippen LogP contribution in [0.3, 0.4) is 0 Å². The minimum atomic E-state index is -0.329. The van der Waals surface area contributed by atoms with Crippen LogP contribution in [0.1, 0.15) is 5.56 Å². The Balaban J connectivity index is 2.42. The van der Waals surface area contributed by atoms with Crippen molar-refractivity contribution in [3.05, 3.63) is 41.8 Å². The van der Waals surface area contributed by atoms with Gasteiger partial charge in [-0.2, -0.15) is 5.10 Å². The summed E-state index contributed by atoms with van der Waals surface area (Å²) in [6.07, 6.45) is 2.35. The van der Waals surface area contributed by atoms with Gasteiger partial charge in [0, 0.05) is 11.8 Å². The molecule has 0 aliphatic rings. The fourth-order valence-electron chi connectivity index (χ4n) is 1.53. The second kappa shape index (κ2) is 4.32. The van der Waals surface area contributed by atoms with Crippen molar-refractivity contribution < 1.29 is 4.39 Å². The Hall–Kier alpha value is -1.88. The van der Waals surface area contributed by atoms with Crippen LogP contribution < -0.4 is 11.5 Å². The van der Waals surface area contributed by atoms with Crippen molar-refractivity contribution in [2.45, 2.75) is 6.42 Å². The number of rotatable bonds is 3. The van der Waals surface area contributed by atoms with E-state index in [1.54, 1.807) is 24.4 Å². The van der Waals surface area contributed by atoms with E-state index in [0.29, 0.717) is 24.5 Å². The molecule has 1 aromatic carbocycles. The lowest BCUT2D eigenvalue weighted by Gasteiger charge is -2.01. The van der Waals surface area contributed by atoms with Gasteiger partial charge in [-0.15, -0.1) is 0 Å². The van der Waals surface area contributed by atoms with Crippen LogP contribution in [-0.2, 0) is 6.42 Å². The number of anilines is 1. The number of benzene rings is 1. The van der Waals surface area contributed by atoms with Gasteiger partial charge < -0.3 is 11.5 Å². The molecule has 0 bridgehead atoms. The highest BCUT2D eigenvalue weighted by Crippen LogP contribution is 2.16. The van der Waals surface area contributed by atoms with Crippen LogP contribution in [0, 0.1) is 5.82 Å². The first kappa shape index (κ1) is 10.6. The third kappa shape index (κ3) is 1.90. The Bertz CT molecular complexity index is 492. The zero-order valence-electron chi connectivity index (χ0n) is 8.73. The molecule has 0 spiro atoms. The van der Waals surface area contributed by atoms with Crippen molar-refractivity contribution in [2.75, 3.05) is 12.3 Å². The van der Waals surface area contributed by atoms with E-state index in [1.165, 1.54) is 10.7 Å². The van der Waals surface area contributed by atoms with Gasteiger partial charge in [0.15, 0.2) is 0 Å². The van der Waals surface area contributed by atoms with E-state index in [1.807, 2.05) is 0 Å². The Labute approximate surface area is 92.7 Å². The van der Waals surface area contributed by atoms with E-state index in [2.05, 4.69) is 5.10 Å². The number of aromatic nitrogens is 2. The predicted octanol–water partition coefficient (Wildman–Crippen LogP) is 1.09. The first-order chi connectivity index (χ1) is 7.72. The highest BCUT2D eigenvalue weighted by molar-refractivity contribution is 5.42. The molecule has 2 aromatic rings. The topological polar surface area (TPSA) is 69.9 Å². The van der Waals surface area contributed by atoms with Crippen molar-refractivity contribution in [1.82, 2.24) is 9.78 Å². The van der Waals surface area contributed by atoms with Gasteiger partial charge in [0.05, 0.1) is 0 Å². The summed E-state index contributed by atoms with van der Waals surface area (Å²) in [6.45, 7) is 0.493. The summed E-state index contributed by atoms with van der Waals surface area (Å²) in [5.74, 6) is 0.0676. The average Bonchev–Trinajstić information content (AvgIpc) is 2.61. The summed E-state index contributed by atoms with van der Waals surface area (Å²) < 4.78 is 14.9. The fourth-order valence-corrected chi connectivity index (χ4v) is 1.53. The normalized spacial score (nSPS) is 10.6. The smallest absolute Gasteiger partial charge is 0.149 e. The molecule has 0 saturated heterocycles. The Morgan fingerprint density at radius 1 is 1.31 bits per heavy atom. The van der Waals surface area contributed by atoms with Gasteiger partial charge in [0.2, 0.25) is 0 Å². The molecule has 0 unspecified atom stereocenters. The fraction of sp³-hybridized carbons (Fsp3) is 0.182. The number of nitrogen functional groups attached to an aromatic ring is 1. The quantitative estimate of drug-likeness (QED) is 0.813. The van der Waals surface area contributed by atoms with Crippen molar-refractivity contribution in [1.29, 1.82) is 0 Å². The lowest BCUT2D eigenvalue weighted by molar-refractivity contribution is 0.611. The molecule has 4 N–H and O–H groups in total. The molecule has 0 saturated carbocycles. The van der Waals surface area contributed by atoms with Gasteiger partial charge in [-0.05, 0) is 25.1 Å². The van der Waals surface area contributed by atoms with Crippen LogP contribution in [0.15, 0.2) is 30.5 Å². The number of nitrogens with zero attached hydrogens (tertiary/aromatic N) is 2. The SMILES string of the molecule is NCCc1cn(-c2ccccc2F)nc1N. The van der Waals surface area contributed by atoms with Crippen molar-refractivity contribution in [3.8, 4) is 5.69 Å². The van der Waals surface area contributed by atoms with Gasteiger partial charge in [-0.25, -0.2) is 9.07 Å². The summed E-state index contributed by atoms with van der Waals surface area (Å²) in [7, 11) is 0. The molecule has 2 rings (SSSR count). The molecular weight excluding hydrogens is 207 g/mol. The monoisotopic (exact) mass is 220 g/mol. The van der Waals surface area contributed by atoms with Crippen molar-refractivity contribution in [3.63, 3.8) is 0 Å². The molecule has 0 aliphatic carbocycles. The molecule has 0 amide bonds. The van der Waals surface area contributed by atoms with Gasteiger partial charge in [-0.3, -0.25) is 0 Å². The van der Waals surface area contributed by atoms with Crippen molar-refractivity contribution >= 4 is 5.82 Å². The van der Waals surface area contributed by atoms with E-state index >= 15 is 0 Å². The maximum atomic E-state index is 13.5. The Morgan fingerprint density at radius 2 is 2.06 bits per heavy atom.